The Morgan fingerprint density at radius 2 is 1.53 bits per heavy atom. The number of esters is 1. The number of benzene rings is 2. The molecule has 168 valence electrons. The van der Waals surface area contributed by atoms with Gasteiger partial charge in [0.25, 0.3) is 0 Å². The monoisotopic (exact) mass is 433 g/mol. The molecule has 0 aliphatic carbocycles. The average molecular weight is 434 g/mol. The first-order valence-electron chi connectivity index (χ1n) is 10.9. The summed E-state index contributed by atoms with van der Waals surface area (Å²) in [6, 6.07) is 20.2. The van der Waals surface area contributed by atoms with Crippen molar-refractivity contribution in [2.75, 3.05) is 25.1 Å². The van der Waals surface area contributed by atoms with E-state index in [1.807, 2.05) is 81.4 Å². The Morgan fingerprint density at radius 1 is 0.906 bits per heavy atom. The Balaban J connectivity index is 1.53. The summed E-state index contributed by atoms with van der Waals surface area (Å²) in [5.74, 6) is 0.399. The van der Waals surface area contributed by atoms with Crippen LogP contribution in [0.25, 0.3) is 22.5 Å². The second-order valence-corrected chi connectivity index (χ2v) is 8.46. The van der Waals surface area contributed by atoms with Crippen LogP contribution in [0.4, 0.5) is 5.82 Å². The van der Waals surface area contributed by atoms with E-state index >= 15 is 0 Å². The van der Waals surface area contributed by atoms with Crippen molar-refractivity contribution in [2.24, 2.45) is 0 Å². The number of carbonyl (C=O) groups excluding carboxylic acids is 1. The first-order valence-corrected chi connectivity index (χ1v) is 10.9. The Bertz CT molecular complexity index is 986. The zero-order valence-electron chi connectivity index (χ0n) is 19.0. The molecule has 0 spiro atoms. The van der Waals surface area contributed by atoms with Crippen molar-refractivity contribution < 1.29 is 14.3 Å². The van der Waals surface area contributed by atoms with Crippen LogP contribution in [0.2, 0.25) is 0 Å². The van der Waals surface area contributed by atoms with Gasteiger partial charge in [-0.3, -0.25) is 4.98 Å². The summed E-state index contributed by atoms with van der Waals surface area (Å²) >= 11 is 0. The van der Waals surface area contributed by atoms with Gasteiger partial charge >= 0.3 is 5.97 Å². The van der Waals surface area contributed by atoms with Gasteiger partial charge in [0.15, 0.2) is 0 Å². The van der Waals surface area contributed by atoms with Gasteiger partial charge in [0.2, 0.25) is 0 Å². The highest BCUT2D eigenvalue weighted by Gasteiger charge is 2.16. The molecule has 0 radical (unpaired) electrons. The van der Waals surface area contributed by atoms with Crippen LogP contribution in [-0.2, 0) is 14.3 Å². The number of ether oxygens (including phenoxy) is 2. The molecule has 0 unspecified atom stereocenters. The van der Waals surface area contributed by atoms with Crippen LogP contribution in [0.15, 0.2) is 66.9 Å². The molecule has 6 heteroatoms. The van der Waals surface area contributed by atoms with Crippen LogP contribution in [-0.4, -0.2) is 41.3 Å². The summed E-state index contributed by atoms with van der Waals surface area (Å²) in [7, 11) is 0. The van der Waals surface area contributed by atoms with Gasteiger partial charge in [0, 0.05) is 24.3 Å². The molecule has 1 aromatic heterocycles. The highest BCUT2D eigenvalue weighted by atomic mass is 16.6. The molecule has 6 nitrogen and oxygen atoms in total. The summed E-state index contributed by atoms with van der Waals surface area (Å²) in [6.45, 7) is 6.76. The standard InChI is InChI=1S/C26H31N3O3/c1-26(2,3)32-23(30)19-31-17-11-10-16-27-22-18-28-24(20-12-6-4-7-13-20)25(29-22)21-14-8-5-9-15-21/h4-9,12-15,18H,10-11,16-17,19H2,1-3H3,(H,27,29). The largest absolute Gasteiger partial charge is 0.458 e. The van der Waals surface area contributed by atoms with E-state index in [-0.39, 0.29) is 12.6 Å². The lowest BCUT2D eigenvalue weighted by atomic mass is 10.0. The predicted molar refractivity (Wildman–Crippen MR) is 127 cm³/mol. The molecule has 0 bridgehead atoms. The van der Waals surface area contributed by atoms with Crippen molar-refractivity contribution in [2.45, 2.75) is 39.2 Å². The number of hydrogen-bond acceptors (Lipinski definition) is 6. The number of nitrogens with zero attached hydrogens (tertiary/aromatic N) is 2. The molecule has 1 N–H and O–H groups in total. The second-order valence-electron chi connectivity index (χ2n) is 8.46. The number of anilines is 1. The molecule has 0 atom stereocenters. The van der Waals surface area contributed by atoms with Crippen LogP contribution >= 0.6 is 0 Å². The fraction of sp³-hybridized carbons (Fsp3) is 0.346. The van der Waals surface area contributed by atoms with Crippen LogP contribution in [0.1, 0.15) is 33.6 Å². The molecular weight excluding hydrogens is 402 g/mol. The maximum atomic E-state index is 11.6. The van der Waals surface area contributed by atoms with Crippen LogP contribution < -0.4 is 5.32 Å². The smallest absolute Gasteiger partial charge is 0.332 e. The summed E-state index contributed by atoms with van der Waals surface area (Å²) in [5.41, 5.74) is 3.28. The highest BCUT2D eigenvalue weighted by Crippen LogP contribution is 2.29. The molecule has 0 saturated carbocycles. The van der Waals surface area contributed by atoms with E-state index < -0.39 is 5.60 Å². The molecular formula is C26H31N3O3. The average Bonchev–Trinajstić information content (AvgIpc) is 2.78. The maximum absolute atomic E-state index is 11.6. The zero-order valence-corrected chi connectivity index (χ0v) is 19.0. The number of nitrogens with one attached hydrogen (secondary N) is 1. The van der Waals surface area contributed by atoms with E-state index in [0.717, 1.165) is 47.7 Å². The molecule has 32 heavy (non-hydrogen) atoms. The number of carbonyl (C=O) groups is 1. The highest BCUT2D eigenvalue weighted by molar-refractivity contribution is 5.78. The Hall–Kier alpha value is -3.25. The molecule has 0 aliphatic heterocycles. The minimum atomic E-state index is -0.486. The lowest BCUT2D eigenvalue weighted by Gasteiger charge is -2.19. The van der Waals surface area contributed by atoms with Crippen molar-refractivity contribution in [1.29, 1.82) is 0 Å². The van der Waals surface area contributed by atoms with Gasteiger partial charge in [-0.2, -0.15) is 0 Å². The Kier molecular flexibility index (Phi) is 8.34. The van der Waals surface area contributed by atoms with Gasteiger partial charge in [-0.15, -0.1) is 0 Å². The van der Waals surface area contributed by atoms with Gasteiger partial charge < -0.3 is 14.8 Å². The first kappa shape index (κ1) is 23.4. The van der Waals surface area contributed by atoms with Crippen molar-refractivity contribution in [3.63, 3.8) is 0 Å². The summed E-state index contributed by atoms with van der Waals surface area (Å²) < 4.78 is 10.6. The van der Waals surface area contributed by atoms with Crippen molar-refractivity contribution in [1.82, 2.24) is 9.97 Å². The minimum Gasteiger partial charge on any atom is -0.458 e. The van der Waals surface area contributed by atoms with Gasteiger partial charge in [-0.25, -0.2) is 9.78 Å². The quantitative estimate of drug-likeness (QED) is 0.343. The number of aromatic nitrogens is 2. The lowest BCUT2D eigenvalue weighted by molar-refractivity contribution is -0.160. The molecule has 0 saturated heterocycles. The number of hydrogen-bond donors (Lipinski definition) is 1. The molecule has 1 heterocycles. The van der Waals surface area contributed by atoms with Crippen molar-refractivity contribution >= 4 is 11.8 Å². The van der Waals surface area contributed by atoms with E-state index in [2.05, 4.69) is 5.32 Å². The lowest BCUT2D eigenvalue weighted by Crippen LogP contribution is -2.26. The normalized spacial score (nSPS) is 11.2. The van der Waals surface area contributed by atoms with E-state index in [1.54, 1.807) is 6.20 Å². The van der Waals surface area contributed by atoms with Gasteiger partial charge in [0.05, 0.1) is 17.6 Å². The third-order valence-electron chi connectivity index (χ3n) is 4.53. The van der Waals surface area contributed by atoms with E-state index in [9.17, 15) is 4.79 Å². The molecule has 2 aromatic carbocycles. The molecule has 3 aromatic rings. The fourth-order valence-corrected chi connectivity index (χ4v) is 3.15. The predicted octanol–water partition coefficient (Wildman–Crippen LogP) is 5.36. The summed E-state index contributed by atoms with van der Waals surface area (Å²) in [5, 5.41) is 3.34. The van der Waals surface area contributed by atoms with E-state index in [4.69, 9.17) is 19.4 Å². The van der Waals surface area contributed by atoms with Crippen LogP contribution in [0.3, 0.4) is 0 Å². The van der Waals surface area contributed by atoms with E-state index in [0.29, 0.717) is 6.61 Å². The van der Waals surface area contributed by atoms with Crippen LogP contribution in [0.5, 0.6) is 0 Å². The zero-order chi connectivity index (χ0) is 22.8. The molecule has 0 aliphatic rings. The Labute approximate surface area is 190 Å². The van der Waals surface area contributed by atoms with Gasteiger partial charge in [0.1, 0.15) is 18.0 Å². The van der Waals surface area contributed by atoms with Gasteiger partial charge in [-0.1, -0.05) is 60.7 Å². The summed E-state index contributed by atoms with van der Waals surface area (Å²) in [4.78, 5) is 21.2. The van der Waals surface area contributed by atoms with E-state index in [1.165, 1.54) is 0 Å². The molecule has 0 amide bonds. The topological polar surface area (TPSA) is 73.3 Å². The fourth-order valence-electron chi connectivity index (χ4n) is 3.15. The number of unbranched alkanes of at least 4 members (excludes halogenated alkanes) is 1. The SMILES string of the molecule is CC(C)(C)OC(=O)COCCCCNc1cnc(-c2ccccc2)c(-c2ccccc2)n1. The Morgan fingerprint density at radius 3 is 2.16 bits per heavy atom. The molecule has 0 fully saturated rings. The van der Waals surface area contributed by atoms with Crippen LogP contribution in [0, 0.1) is 0 Å². The first-order chi connectivity index (χ1) is 15.4. The maximum Gasteiger partial charge on any atom is 0.332 e. The molecule has 3 rings (SSSR count). The third kappa shape index (κ3) is 7.46. The third-order valence-corrected chi connectivity index (χ3v) is 4.53. The van der Waals surface area contributed by atoms with Crippen molar-refractivity contribution in [3.8, 4) is 22.5 Å². The summed E-state index contributed by atoms with van der Waals surface area (Å²) in [6.07, 6.45) is 3.49. The van der Waals surface area contributed by atoms with Gasteiger partial charge in [-0.05, 0) is 33.6 Å². The number of rotatable bonds is 10. The van der Waals surface area contributed by atoms with Crippen molar-refractivity contribution in [3.05, 3.63) is 66.9 Å². The minimum absolute atomic E-state index is 0.0163. The second kappa shape index (κ2) is 11.4.